The molecular weight excluding hydrogens is 348 g/mol. The molecule has 2 aromatic carbocycles. The van der Waals surface area contributed by atoms with E-state index < -0.39 is 8.56 Å². The lowest BCUT2D eigenvalue weighted by molar-refractivity contribution is 0.400. The number of benzene rings is 2. The Kier molecular flexibility index (Phi) is 9.26. The molecule has 0 atom stereocenters. The van der Waals surface area contributed by atoms with Crippen LogP contribution in [0.3, 0.4) is 0 Å². The van der Waals surface area contributed by atoms with Gasteiger partial charge in [-0.15, -0.1) is 0 Å². The number of hydrogen-bond acceptors (Lipinski definition) is 2. The van der Waals surface area contributed by atoms with Gasteiger partial charge in [0.25, 0.3) is 0 Å². The van der Waals surface area contributed by atoms with Gasteiger partial charge in [-0.05, 0) is 36.8 Å². The summed E-state index contributed by atoms with van der Waals surface area (Å²) in [5.41, 5.74) is 2.21. The van der Waals surface area contributed by atoms with Crippen LogP contribution in [0, 0.1) is 0 Å². The van der Waals surface area contributed by atoms with E-state index in [1.165, 1.54) is 38.5 Å². The van der Waals surface area contributed by atoms with Crippen molar-refractivity contribution in [3.05, 3.63) is 59.7 Å². The molecule has 0 aliphatic rings. The Morgan fingerprint density at radius 1 is 0.593 bits per heavy atom. The van der Waals surface area contributed by atoms with Gasteiger partial charge in [-0.25, -0.2) is 0 Å². The first-order valence-electron chi connectivity index (χ1n) is 10.7. The van der Waals surface area contributed by atoms with Crippen LogP contribution in [0.2, 0.25) is 0 Å². The Morgan fingerprint density at radius 3 is 1.41 bits per heavy atom. The zero-order valence-electron chi connectivity index (χ0n) is 17.1. The molecule has 2 N–H and O–H groups in total. The zero-order valence-corrected chi connectivity index (χ0v) is 18.1. The first-order valence-corrected chi connectivity index (χ1v) is 12.6. The molecule has 0 radical (unpaired) electrons. The van der Waals surface area contributed by atoms with Crippen molar-refractivity contribution in [3.8, 4) is 0 Å². The molecule has 2 nitrogen and oxygen atoms in total. The minimum absolute atomic E-state index is 0.766. The van der Waals surface area contributed by atoms with Crippen LogP contribution < -0.4 is 10.4 Å². The highest BCUT2D eigenvalue weighted by molar-refractivity contribution is 6.91. The summed E-state index contributed by atoms with van der Waals surface area (Å²) in [7, 11) is -3.68. The average Bonchev–Trinajstić information content (AvgIpc) is 2.69. The molecule has 27 heavy (non-hydrogen) atoms. The Hall–Kier alpha value is -1.42. The highest BCUT2D eigenvalue weighted by Crippen LogP contribution is 2.13. The topological polar surface area (TPSA) is 40.5 Å². The van der Waals surface area contributed by atoms with Crippen molar-refractivity contribution >= 4 is 18.9 Å². The van der Waals surface area contributed by atoms with Gasteiger partial charge in [-0.3, -0.25) is 0 Å². The molecule has 0 fully saturated rings. The van der Waals surface area contributed by atoms with Gasteiger partial charge in [-0.2, -0.15) is 0 Å². The van der Waals surface area contributed by atoms with Crippen LogP contribution in [0.4, 0.5) is 0 Å². The van der Waals surface area contributed by atoms with Crippen LogP contribution in [0.15, 0.2) is 48.5 Å². The average molecular weight is 385 g/mol. The fourth-order valence-electron chi connectivity index (χ4n) is 3.79. The number of rotatable bonds is 12. The Bertz CT molecular complexity index is 624. The van der Waals surface area contributed by atoms with Crippen molar-refractivity contribution in [2.24, 2.45) is 0 Å². The van der Waals surface area contributed by atoms with Crippen LogP contribution in [0.25, 0.3) is 0 Å². The predicted molar refractivity (Wildman–Crippen MR) is 118 cm³/mol. The van der Waals surface area contributed by atoms with Crippen LogP contribution in [0.1, 0.15) is 76.3 Å². The predicted octanol–water partition coefficient (Wildman–Crippen LogP) is 4.47. The fourth-order valence-corrected chi connectivity index (χ4v) is 6.05. The van der Waals surface area contributed by atoms with Crippen molar-refractivity contribution in [2.75, 3.05) is 0 Å². The smallest absolute Gasteiger partial charge is 0.402 e. The molecule has 0 aliphatic carbocycles. The van der Waals surface area contributed by atoms with Crippen molar-refractivity contribution < 1.29 is 9.59 Å². The normalized spacial score (nSPS) is 11.7. The Balaban J connectivity index is 2.23. The van der Waals surface area contributed by atoms with E-state index >= 15 is 0 Å². The van der Waals surface area contributed by atoms with E-state index in [0.29, 0.717) is 0 Å². The summed E-state index contributed by atoms with van der Waals surface area (Å²) in [5, 5.41) is 1.53. The molecule has 0 bridgehead atoms. The van der Waals surface area contributed by atoms with Crippen LogP contribution in [-0.2, 0) is 12.8 Å². The molecule has 148 valence electrons. The SMILES string of the molecule is CCCCCCc1ccccc1[Si](O)(O)c1ccccc1CCCCCC. The van der Waals surface area contributed by atoms with Gasteiger partial charge in [0.05, 0.1) is 0 Å². The summed E-state index contributed by atoms with van der Waals surface area (Å²) < 4.78 is 0. The maximum Gasteiger partial charge on any atom is 0.402 e. The van der Waals surface area contributed by atoms with Gasteiger partial charge in [0, 0.05) is 10.4 Å². The molecule has 3 heteroatoms. The van der Waals surface area contributed by atoms with E-state index in [1.807, 2.05) is 36.4 Å². The van der Waals surface area contributed by atoms with Crippen LogP contribution >= 0.6 is 0 Å². The second-order valence-corrected chi connectivity index (χ2v) is 10.0. The highest BCUT2D eigenvalue weighted by Gasteiger charge is 2.38. The Morgan fingerprint density at radius 2 is 1.00 bits per heavy atom. The van der Waals surface area contributed by atoms with Gasteiger partial charge in [0.1, 0.15) is 0 Å². The maximum atomic E-state index is 11.3. The number of hydrogen-bond donors (Lipinski definition) is 2. The molecule has 2 aromatic rings. The van der Waals surface area contributed by atoms with Crippen molar-refractivity contribution in [2.45, 2.75) is 78.1 Å². The van der Waals surface area contributed by atoms with Crippen LogP contribution in [-0.4, -0.2) is 18.2 Å². The van der Waals surface area contributed by atoms with E-state index in [0.717, 1.165) is 47.2 Å². The third kappa shape index (κ3) is 6.30. The number of unbranched alkanes of at least 4 members (excludes halogenated alkanes) is 6. The van der Waals surface area contributed by atoms with E-state index in [2.05, 4.69) is 26.0 Å². The molecule has 0 spiro atoms. The van der Waals surface area contributed by atoms with Gasteiger partial charge in [0.15, 0.2) is 0 Å². The first-order chi connectivity index (χ1) is 13.1. The summed E-state index contributed by atoms with van der Waals surface area (Å²) in [6.07, 6.45) is 11.4. The maximum absolute atomic E-state index is 11.3. The monoisotopic (exact) mass is 384 g/mol. The summed E-state index contributed by atoms with van der Waals surface area (Å²) in [4.78, 5) is 22.6. The van der Waals surface area contributed by atoms with Gasteiger partial charge >= 0.3 is 8.56 Å². The van der Waals surface area contributed by atoms with Crippen LogP contribution in [0.5, 0.6) is 0 Å². The van der Waals surface area contributed by atoms with E-state index in [-0.39, 0.29) is 0 Å². The van der Waals surface area contributed by atoms with Gasteiger partial charge < -0.3 is 9.59 Å². The molecule has 0 saturated heterocycles. The second kappa shape index (κ2) is 11.4. The highest BCUT2D eigenvalue weighted by atomic mass is 28.4. The van der Waals surface area contributed by atoms with E-state index in [4.69, 9.17) is 0 Å². The molecule has 0 unspecified atom stereocenters. The second-order valence-electron chi connectivity index (χ2n) is 7.61. The molecular formula is C24H36O2Si. The molecule has 0 aliphatic heterocycles. The summed E-state index contributed by atoms with van der Waals surface area (Å²) in [6, 6.07) is 15.9. The zero-order chi connectivity index (χ0) is 19.5. The van der Waals surface area contributed by atoms with Crippen molar-refractivity contribution in [3.63, 3.8) is 0 Å². The largest absolute Gasteiger partial charge is 0.404 e. The molecule has 0 aromatic heterocycles. The molecule has 0 heterocycles. The fraction of sp³-hybridized carbons (Fsp3) is 0.500. The number of aryl methyl sites for hydroxylation is 2. The van der Waals surface area contributed by atoms with Gasteiger partial charge in [-0.1, -0.05) is 101 Å². The minimum atomic E-state index is -3.68. The standard InChI is InChI=1S/C24H36O2Si/c1-3-5-7-9-15-21-17-11-13-19-23(21)27(25,26)24-20-14-12-18-22(24)16-10-8-6-4-2/h11-14,17-20,25-26H,3-10,15-16H2,1-2H3. The minimum Gasteiger partial charge on any atom is -0.404 e. The summed E-state index contributed by atoms with van der Waals surface area (Å²) in [6.45, 7) is 4.43. The summed E-state index contributed by atoms with van der Waals surface area (Å²) >= 11 is 0. The van der Waals surface area contributed by atoms with Crippen molar-refractivity contribution in [1.82, 2.24) is 0 Å². The molecule has 0 saturated carbocycles. The molecule has 0 amide bonds. The van der Waals surface area contributed by atoms with E-state index in [1.54, 1.807) is 0 Å². The van der Waals surface area contributed by atoms with Crippen molar-refractivity contribution in [1.29, 1.82) is 0 Å². The Labute approximate surface area is 166 Å². The van der Waals surface area contributed by atoms with E-state index in [9.17, 15) is 9.59 Å². The lowest BCUT2D eigenvalue weighted by Gasteiger charge is -2.24. The quantitative estimate of drug-likeness (QED) is 0.419. The third-order valence-electron chi connectivity index (χ3n) is 5.39. The lowest BCUT2D eigenvalue weighted by Crippen LogP contribution is -2.61. The van der Waals surface area contributed by atoms with Gasteiger partial charge in [0.2, 0.25) is 0 Å². The molecule has 2 rings (SSSR count). The third-order valence-corrected chi connectivity index (χ3v) is 7.86. The first kappa shape index (κ1) is 21.9. The summed E-state index contributed by atoms with van der Waals surface area (Å²) in [5.74, 6) is 0. The lowest BCUT2D eigenvalue weighted by atomic mass is 10.1.